The molecule has 1 rings (SSSR count). The van der Waals surface area contributed by atoms with Gasteiger partial charge in [0.1, 0.15) is 5.84 Å². The second-order valence-corrected chi connectivity index (χ2v) is 2.94. The quantitative estimate of drug-likeness (QED) is 0.611. The average Bonchev–Trinajstić information content (AvgIpc) is 2.37. The van der Waals surface area contributed by atoms with Crippen LogP contribution in [0.5, 0.6) is 0 Å². The molecule has 0 spiro atoms. The Bertz CT molecular complexity index is 226. The number of aliphatic imine (C=N–C) groups is 1. The van der Waals surface area contributed by atoms with Crippen LogP contribution in [0.25, 0.3) is 0 Å². The molecule has 0 aromatic carbocycles. The van der Waals surface area contributed by atoms with Gasteiger partial charge in [-0.15, -0.1) is 0 Å². The van der Waals surface area contributed by atoms with Crippen molar-refractivity contribution in [1.29, 1.82) is 0 Å². The van der Waals surface area contributed by atoms with E-state index in [9.17, 15) is 0 Å². The molecule has 1 saturated heterocycles. The Balaban J connectivity index is 2.84. The molecule has 1 aliphatic rings. The topological polar surface area (TPSA) is 15.6 Å². The zero-order valence-electron chi connectivity index (χ0n) is 7.88. The lowest BCUT2D eigenvalue weighted by molar-refractivity contribution is 0.550. The molecule has 2 nitrogen and oxygen atoms in total. The lowest BCUT2D eigenvalue weighted by atomic mass is 10.2. The lowest BCUT2D eigenvalue weighted by Gasteiger charge is -2.09. The van der Waals surface area contributed by atoms with Gasteiger partial charge in [0.05, 0.1) is 0 Å². The van der Waals surface area contributed by atoms with E-state index in [1.54, 1.807) is 6.20 Å². The summed E-state index contributed by atoms with van der Waals surface area (Å²) in [7, 11) is 2.07. The average molecular weight is 164 g/mol. The molecular weight excluding hydrogens is 148 g/mol. The smallest absolute Gasteiger partial charge is 0.131 e. The van der Waals surface area contributed by atoms with Gasteiger partial charge in [0, 0.05) is 19.8 Å². The van der Waals surface area contributed by atoms with Crippen LogP contribution in [0, 0.1) is 0 Å². The normalized spacial score (nSPS) is 24.0. The Morgan fingerprint density at radius 1 is 1.67 bits per heavy atom. The Kier molecular flexibility index (Phi) is 3.09. The maximum Gasteiger partial charge on any atom is 0.131 e. The van der Waals surface area contributed by atoms with Gasteiger partial charge in [-0.25, -0.2) is 4.99 Å². The van der Waals surface area contributed by atoms with Crippen LogP contribution in [0.2, 0.25) is 0 Å². The highest BCUT2D eigenvalue weighted by Gasteiger charge is 2.18. The molecule has 0 aliphatic carbocycles. The molecule has 1 aliphatic heterocycles. The van der Waals surface area contributed by atoms with Gasteiger partial charge in [0.15, 0.2) is 0 Å². The van der Waals surface area contributed by atoms with Crippen molar-refractivity contribution in [2.75, 3.05) is 13.6 Å². The first-order chi connectivity index (χ1) is 5.79. The number of allylic oxidation sites excluding steroid dienone is 1. The summed E-state index contributed by atoms with van der Waals surface area (Å²) in [5, 5.41) is 0. The fourth-order valence-corrected chi connectivity index (χ4v) is 1.46. The Labute approximate surface area is 74.3 Å². The summed E-state index contributed by atoms with van der Waals surface area (Å²) in [6.45, 7) is 6.84. The van der Waals surface area contributed by atoms with E-state index in [1.807, 2.05) is 0 Å². The van der Waals surface area contributed by atoms with Crippen molar-refractivity contribution in [1.82, 2.24) is 4.90 Å². The number of nitrogens with zero attached hydrogens (tertiary/aromatic N) is 2. The molecule has 0 amide bonds. The van der Waals surface area contributed by atoms with Crippen molar-refractivity contribution < 1.29 is 0 Å². The van der Waals surface area contributed by atoms with E-state index in [4.69, 9.17) is 0 Å². The Morgan fingerprint density at radius 2 is 2.42 bits per heavy atom. The van der Waals surface area contributed by atoms with Crippen molar-refractivity contribution in [2.24, 2.45) is 4.99 Å². The largest absolute Gasteiger partial charge is 0.359 e. The van der Waals surface area contributed by atoms with Gasteiger partial charge >= 0.3 is 0 Å². The zero-order chi connectivity index (χ0) is 8.97. The molecule has 66 valence electrons. The van der Waals surface area contributed by atoms with Crippen LogP contribution in [0.4, 0.5) is 0 Å². The number of hydrogen-bond donors (Lipinski definition) is 0. The van der Waals surface area contributed by atoms with Crippen LogP contribution < -0.4 is 0 Å². The molecule has 0 atom stereocenters. The number of likely N-dealkylation sites (tertiary alicyclic amines) is 1. The van der Waals surface area contributed by atoms with Gasteiger partial charge in [0.25, 0.3) is 0 Å². The summed E-state index contributed by atoms with van der Waals surface area (Å²) < 4.78 is 0. The summed E-state index contributed by atoms with van der Waals surface area (Å²) in [5.41, 5.74) is 1.36. The van der Waals surface area contributed by atoms with E-state index in [0.717, 1.165) is 25.2 Å². The number of amidine groups is 1. The predicted octanol–water partition coefficient (Wildman–Crippen LogP) is 2.20. The van der Waals surface area contributed by atoms with Gasteiger partial charge in [-0.2, -0.15) is 0 Å². The molecule has 0 radical (unpaired) electrons. The molecule has 0 aromatic rings. The Hall–Kier alpha value is -1.05. The molecule has 1 fully saturated rings. The van der Waals surface area contributed by atoms with Gasteiger partial charge < -0.3 is 4.90 Å². The minimum Gasteiger partial charge on any atom is -0.359 e. The first-order valence-electron chi connectivity index (χ1n) is 4.38. The van der Waals surface area contributed by atoms with Crippen LogP contribution in [-0.4, -0.2) is 24.3 Å². The van der Waals surface area contributed by atoms with Crippen LogP contribution in [0.3, 0.4) is 0 Å². The van der Waals surface area contributed by atoms with Crippen molar-refractivity contribution >= 4 is 5.84 Å². The highest BCUT2D eigenvalue weighted by atomic mass is 15.2. The number of rotatable bonds is 2. The minimum absolute atomic E-state index is 1.08. The molecule has 1 heterocycles. The maximum absolute atomic E-state index is 4.24. The molecular formula is C10H16N2. The monoisotopic (exact) mass is 164 g/mol. The first kappa shape index (κ1) is 9.04. The van der Waals surface area contributed by atoms with Crippen LogP contribution in [0.15, 0.2) is 29.4 Å². The second-order valence-electron chi connectivity index (χ2n) is 2.94. The van der Waals surface area contributed by atoms with Crippen LogP contribution in [0.1, 0.15) is 19.8 Å². The fourth-order valence-electron chi connectivity index (χ4n) is 1.46. The van der Waals surface area contributed by atoms with Gasteiger partial charge in [-0.3, -0.25) is 0 Å². The van der Waals surface area contributed by atoms with E-state index in [1.165, 1.54) is 5.57 Å². The molecule has 0 unspecified atom stereocenters. The summed E-state index contributed by atoms with van der Waals surface area (Å²) in [6, 6.07) is 0. The summed E-state index contributed by atoms with van der Waals surface area (Å²) >= 11 is 0. The minimum atomic E-state index is 1.08. The molecule has 0 bridgehead atoms. The number of hydrogen-bond acceptors (Lipinski definition) is 1. The van der Waals surface area contributed by atoms with Gasteiger partial charge in [-0.1, -0.05) is 19.6 Å². The standard InChI is InChI=1S/C10H16N2/c1-4-6-9-7-8-12(3)10(9)11-5-2/h5-6H,2,4,7-8H2,1,3H3/b9-6-,11-10?. The van der Waals surface area contributed by atoms with Crippen molar-refractivity contribution in [2.45, 2.75) is 19.8 Å². The van der Waals surface area contributed by atoms with Crippen LogP contribution in [-0.2, 0) is 0 Å². The van der Waals surface area contributed by atoms with Crippen molar-refractivity contribution in [3.05, 3.63) is 24.4 Å². The third-order valence-corrected chi connectivity index (χ3v) is 2.03. The zero-order valence-corrected chi connectivity index (χ0v) is 7.88. The summed E-state index contributed by atoms with van der Waals surface area (Å²) in [4.78, 5) is 6.41. The predicted molar refractivity (Wildman–Crippen MR) is 53.3 cm³/mol. The van der Waals surface area contributed by atoms with Gasteiger partial charge in [-0.05, 0) is 18.4 Å². The lowest BCUT2D eigenvalue weighted by Crippen LogP contribution is -2.19. The highest BCUT2D eigenvalue weighted by Crippen LogP contribution is 2.17. The maximum atomic E-state index is 4.24. The fraction of sp³-hybridized carbons (Fsp3) is 0.500. The second kappa shape index (κ2) is 4.10. The van der Waals surface area contributed by atoms with E-state index in [2.05, 4.69) is 36.5 Å². The molecule has 2 heteroatoms. The molecule has 12 heavy (non-hydrogen) atoms. The van der Waals surface area contributed by atoms with Crippen molar-refractivity contribution in [3.63, 3.8) is 0 Å². The van der Waals surface area contributed by atoms with Crippen molar-refractivity contribution in [3.8, 4) is 0 Å². The molecule has 0 aromatic heterocycles. The number of likely N-dealkylation sites (N-methyl/N-ethyl adjacent to an activating group) is 1. The third-order valence-electron chi connectivity index (χ3n) is 2.03. The summed E-state index contributed by atoms with van der Waals surface area (Å²) in [5.74, 6) is 1.09. The molecule has 0 saturated carbocycles. The van der Waals surface area contributed by atoms with Gasteiger partial charge in [0.2, 0.25) is 0 Å². The van der Waals surface area contributed by atoms with E-state index < -0.39 is 0 Å². The van der Waals surface area contributed by atoms with E-state index >= 15 is 0 Å². The first-order valence-corrected chi connectivity index (χ1v) is 4.38. The molecule has 0 N–H and O–H groups in total. The SMILES string of the molecule is C=CN=C1/C(=C\CC)CCN1C. The summed E-state index contributed by atoms with van der Waals surface area (Å²) in [6.07, 6.45) is 6.06. The Morgan fingerprint density at radius 3 is 3.00 bits per heavy atom. The van der Waals surface area contributed by atoms with E-state index in [0.29, 0.717) is 0 Å². The van der Waals surface area contributed by atoms with E-state index in [-0.39, 0.29) is 0 Å². The van der Waals surface area contributed by atoms with Crippen LogP contribution >= 0.6 is 0 Å². The highest BCUT2D eigenvalue weighted by molar-refractivity contribution is 6.00. The third kappa shape index (κ3) is 1.76.